The lowest BCUT2D eigenvalue weighted by molar-refractivity contribution is 0.0132. The molecule has 0 aliphatic heterocycles. The summed E-state index contributed by atoms with van der Waals surface area (Å²) in [5, 5.41) is 22.8. The van der Waals surface area contributed by atoms with Gasteiger partial charge >= 0.3 is 6.09 Å². The van der Waals surface area contributed by atoms with Gasteiger partial charge in [0.25, 0.3) is 0 Å². The fourth-order valence-corrected chi connectivity index (χ4v) is 2.28. The van der Waals surface area contributed by atoms with Crippen LogP contribution >= 0.6 is 0 Å². The minimum absolute atomic E-state index is 0.189. The summed E-state index contributed by atoms with van der Waals surface area (Å²) in [5.74, 6) is 0. The Bertz CT molecular complexity index is 648. The normalized spacial score (nSPS) is 13.1. The van der Waals surface area contributed by atoms with E-state index < -0.39 is 18.3 Å². The molecule has 24 heavy (non-hydrogen) atoms. The molecule has 0 radical (unpaired) electrons. The van der Waals surface area contributed by atoms with Gasteiger partial charge in [-0.25, -0.2) is 4.79 Å². The zero-order valence-corrected chi connectivity index (χ0v) is 13.6. The summed E-state index contributed by atoms with van der Waals surface area (Å²) in [7, 11) is 0. The van der Waals surface area contributed by atoms with Crippen LogP contribution in [0.1, 0.15) is 29.2 Å². The van der Waals surface area contributed by atoms with E-state index in [1.54, 1.807) is 18.5 Å². The Morgan fingerprint density at radius 2 is 2.00 bits per heavy atom. The van der Waals surface area contributed by atoms with E-state index >= 15 is 0 Å². The smallest absolute Gasteiger partial charge is 0.407 e. The number of hydrogen-bond acceptors (Lipinski definition) is 5. The number of amides is 1. The third-order valence-corrected chi connectivity index (χ3v) is 3.67. The Balaban J connectivity index is 1.71. The molecule has 0 bridgehead atoms. The SMILES string of the molecule is Cc1cnccc1C(O)C(O)CCNC(=O)OCc1ccccc1. The number of nitrogens with one attached hydrogen (secondary N) is 1. The van der Waals surface area contributed by atoms with Gasteiger partial charge in [0.1, 0.15) is 12.7 Å². The highest BCUT2D eigenvalue weighted by Crippen LogP contribution is 2.21. The summed E-state index contributed by atoms with van der Waals surface area (Å²) in [6.45, 7) is 2.21. The first-order valence-corrected chi connectivity index (χ1v) is 7.79. The molecule has 2 unspecified atom stereocenters. The van der Waals surface area contributed by atoms with Crippen molar-refractivity contribution >= 4 is 6.09 Å². The number of carbonyl (C=O) groups is 1. The van der Waals surface area contributed by atoms with E-state index in [2.05, 4.69) is 10.3 Å². The summed E-state index contributed by atoms with van der Waals surface area (Å²) in [5.41, 5.74) is 2.33. The van der Waals surface area contributed by atoms with Crippen LogP contribution in [-0.2, 0) is 11.3 Å². The van der Waals surface area contributed by atoms with Crippen molar-refractivity contribution in [1.29, 1.82) is 0 Å². The molecule has 6 nitrogen and oxygen atoms in total. The summed E-state index contributed by atoms with van der Waals surface area (Å²) in [6, 6.07) is 11.0. The first-order valence-electron chi connectivity index (χ1n) is 7.79. The molecule has 0 spiro atoms. The lowest BCUT2D eigenvalue weighted by Gasteiger charge is -2.19. The minimum Gasteiger partial charge on any atom is -0.445 e. The van der Waals surface area contributed by atoms with Crippen LogP contribution in [0, 0.1) is 6.92 Å². The third-order valence-electron chi connectivity index (χ3n) is 3.67. The zero-order chi connectivity index (χ0) is 17.4. The maximum absolute atomic E-state index is 11.6. The molecule has 128 valence electrons. The Morgan fingerprint density at radius 1 is 1.25 bits per heavy atom. The van der Waals surface area contributed by atoms with Crippen LogP contribution in [0.15, 0.2) is 48.8 Å². The fraction of sp³-hybridized carbons (Fsp3) is 0.333. The van der Waals surface area contributed by atoms with E-state index in [-0.39, 0.29) is 19.6 Å². The van der Waals surface area contributed by atoms with Gasteiger partial charge in [0.05, 0.1) is 6.10 Å². The highest BCUT2D eigenvalue weighted by atomic mass is 16.5. The van der Waals surface area contributed by atoms with Crippen LogP contribution in [0.4, 0.5) is 4.79 Å². The molecule has 2 atom stereocenters. The number of aromatic nitrogens is 1. The first-order chi connectivity index (χ1) is 11.6. The van der Waals surface area contributed by atoms with Crippen molar-refractivity contribution < 1.29 is 19.7 Å². The second-order valence-electron chi connectivity index (χ2n) is 5.52. The number of pyridine rings is 1. The van der Waals surface area contributed by atoms with Crippen molar-refractivity contribution in [3.05, 3.63) is 65.5 Å². The molecule has 6 heteroatoms. The number of aliphatic hydroxyl groups excluding tert-OH is 2. The van der Waals surface area contributed by atoms with Crippen molar-refractivity contribution in [2.24, 2.45) is 0 Å². The van der Waals surface area contributed by atoms with E-state index in [4.69, 9.17) is 4.74 Å². The zero-order valence-electron chi connectivity index (χ0n) is 13.6. The number of alkyl carbamates (subject to hydrolysis) is 1. The summed E-state index contributed by atoms with van der Waals surface area (Å²) in [6.07, 6.45) is 0.849. The highest BCUT2D eigenvalue weighted by Gasteiger charge is 2.20. The molecule has 1 amide bonds. The average molecular weight is 330 g/mol. The molecule has 2 aromatic rings. The van der Waals surface area contributed by atoms with Gasteiger partial charge in [-0.1, -0.05) is 30.3 Å². The van der Waals surface area contributed by atoms with Crippen molar-refractivity contribution in [1.82, 2.24) is 10.3 Å². The van der Waals surface area contributed by atoms with Crippen LogP contribution in [-0.4, -0.2) is 33.9 Å². The van der Waals surface area contributed by atoms with Gasteiger partial charge in [0.2, 0.25) is 0 Å². The predicted molar refractivity (Wildman–Crippen MR) is 89.2 cm³/mol. The Kier molecular flexibility index (Phi) is 6.72. The lowest BCUT2D eigenvalue weighted by atomic mass is 10.00. The van der Waals surface area contributed by atoms with Gasteiger partial charge in [0, 0.05) is 18.9 Å². The van der Waals surface area contributed by atoms with E-state index in [1.165, 1.54) is 0 Å². The second-order valence-corrected chi connectivity index (χ2v) is 5.52. The quantitative estimate of drug-likeness (QED) is 0.723. The van der Waals surface area contributed by atoms with Crippen LogP contribution in [0.3, 0.4) is 0 Å². The topological polar surface area (TPSA) is 91.7 Å². The van der Waals surface area contributed by atoms with E-state index in [9.17, 15) is 15.0 Å². The molecule has 0 saturated heterocycles. The summed E-state index contributed by atoms with van der Waals surface area (Å²) >= 11 is 0. The lowest BCUT2D eigenvalue weighted by Crippen LogP contribution is -2.30. The predicted octanol–water partition coefficient (Wildman–Crippen LogP) is 2.10. The van der Waals surface area contributed by atoms with Gasteiger partial charge in [-0.15, -0.1) is 0 Å². The fourth-order valence-electron chi connectivity index (χ4n) is 2.28. The van der Waals surface area contributed by atoms with Crippen LogP contribution in [0.2, 0.25) is 0 Å². The van der Waals surface area contributed by atoms with Crippen molar-refractivity contribution in [3.8, 4) is 0 Å². The molecule has 1 aromatic carbocycles. The highest BCUT2D eigenvalue weighted by molar-refractivity contribution is 5.67. The number of benzene rings is 1. The molecular formula is C18H22N2O4. The number of ether oxygens (including phenoxy) is 1. The average Bonchev–Trinajstić information content (AvgIpc) is 2.60. The Hall–Kier alpha value is -2.44. The standard InChI is InChI=1S/C18H22N2O4/c1-13-11-19-9-7-15(13)17(22)16(21)8-10-20-18(23)24-12-14-5-3-2-4-6-14/h2-7,9,11,16-17,21-22H,8,10,12H2,1H3,(H,20,23). The van der Waals surface area contributed by atoms with Crippen LogP contribution in [0.25, 0.3) is 0 Å². The molecule has 1 heterocycles. The van der Waals surface area contributed by atoms with Gasteiger partial charge < -0.3 is 20.3 Å². The Labute approximate surface area is 141 Å². The molecule has 0 aliphatic rings. The van der Waals surface area contributed by atoms with Crippen molar-refractivity contribution in [3.63, 3.8) is 0 Å². The molecule has 3 N–H and O–H groups in total. The Morgan fingerprint density at radius 3 is 2.71 bits per heavy atom. The summed E-state index contributed by atoms with van der Waals surface area (Å²) < 4.78 is 5.07. The van der Waals surface area contributed by atoms with E-state index in [1.807, 2.05) is 37.3 Å². The van der Waals surface area contributed by atoms with Gasteiger partial charge in [-0.3, -0.25) is 4.98 Å². The maximum Gasteiger partial charge on any atom is 0.407 e. The monoisotopic (exact) mass is 330 g/mol. The third kappa shape index (κ3) is 5.33. The number of carbonyl (C=O) groups excluding carboxylic acids is 1. The van der Waals surface area contributed by atoms with Crippen LogP contribution < -0.4 is 5.32 Å². The molecule has 0 fully saturated rings. The van der Waals surface area contributed by atoms with E-state index in [0.29, 0.717) is 5.56 Å². The number of aryl methyl sites for hydroxylation is 1. The van der Waals surface area contributed by atoms with Crippen molar-refractivity contribution in [2.75, 3.05) is 6.54 Å². The summed E-state index contributed by atoms with van der Waals surface area (Å²) in [4.78, 5) is 15.6. The molecule has 0 saturated carbocycles. The maximum atomic E-state index is 11.6. The second kappa shape index (κ2) is 9.00. The molecule has 2 rings (SSSR count). The number of nitrogens with zero attached hydrogens (tertiary/aromatic N) is 1. The minimum atomic E-state index is -1.02. The molecule has 1 aromatic heterocycles. The molecular weight excluding hydrogens is 308 g/mol. The van der Waals surface area contributed by atoms with Crippen LogP contribution in [0.5, 0.6) is 0 Å². The van der Waals surface area contributed by atoms with Gasteiger partial charge in [-0.2, -0.15) is 0 Å². The first kappa shape index (κ1) is 17.9. The van der Waals surface area contributed by atoms with Gasteiger partial charge in [0.15, 0.2) is 0 Å². The van der Waals surface area contributed by atoms with Gasteiger partial charge in [-0.05, 0) is 36.1 Å². The number of aliphatic hydroxyl groups is 2. The molecule has 0 aliphatic carbocycles. The number of rotatable bonds is 7. The van der Waals surface area contributed by atoms with E-state index in [0.717, 1.165) is 11.1 Å². The van der Waals surface area contributed by atoms with Crippen molar-refractivity contribution in [2.45, 2.75) is 32.2 Å². The number of hydrogen-bond donors (Lipinski definition) is 3. The largest absolute Gasteiger partial charge is 0.445 e.